The first kappa shape index (κ1) is 20.4. The quantitative estimate of drug-likeness (QED) is 0.411. The Morgan fingerprint density at radius 3 is 2.12 bits per heavy atom. The van der Waals surface area contributed by atoms with Crippen molar-refractivity contribution >= 4 is 19.3 Å². The maximum absolute atomic E-state index is 12.3. The third-order valence-corrected chi connectivity index (χ3v) is 5.70. The van der Waals surface area contributed by atoms with E-state index in [0.29, 0.717) is 37.7 Å². The number of carboxylic acid groups (broad SMARTS) is 2. The maximum Gasteiger partial charge on any atom is 0.307 e. The third kappa shape index (κ3) is 6.85. The van der Waals surface area contributed by atoms with Gasteiger partial charge < -0.3 is 15.1 Å². The molecule has 0 spiro atoms. The summed E-state index contributed by atoms with van der Waals surface area (Å²) in [6.07, 6.45) is 2.95. The highest BCUT2D eigenvalue weighted by Gasteiger charge is 2.38. The van der Waals surface area contributed by atoms with Crippen molar-refractivity contribution < 1.29 is 29.3 Å². The van der Waals surface area contributed by atoms with E-state index >= 15 is 0 Å². The summed E-state index contributed by atoms with van der Waals surface area (Å²) in [6.45, 7) is 1.20. The van der Waals surface area contributed by atoms with Crippen molar-refractivity contribution in [1.29, 1.82) is 0 Å². The molecule has 1 aromatic rings. The Morgan fingerprint density at radius 2 is 1.62 bits per heavy atom. The van der Waals surface area contributed by atoms with Gasteiger partial charge in [-0.15, -0.1) is 0 Å². The number of benzene rings is 1. The van der Waals surface area contributed by atoms with Crippen LogP contribution in [0.25, 0.3) is 0 Å². The van der Waals surface area contributed by atoms with Crippen LogP contribution in [-0.4, -0.2) is 33.7 Å². The average molecular weight is 356 g/mol. The molecule has 1 rings (SSSR count). The standard InChI is InChI=1S/C17H25O6P/c1-24(22,23)16(13-9-5-4-6-10-13)14(17(20)21)11-7-2-3-8-12-15(18)19/h4-6,9-10,14,16H,2-3,7-8,11-12H2,1H3,(H,18,19)(H,20,21)(H,22,23). The van der Waals surface area contributed by atoms with Gasteiger partial charge in [0.15, 0.2) is 0 Å². The Hall–Kier alpha value is -1.65. The van der Waals surface area contributed by atoms with Gasteiger partial charge in [0, 0.05) is 13.1 Å². The maximum atomic E-state index is 12.3. The van der Waals surface area contributed by atoms with E-state index in [1.165, 1.54) is 6.66 Å². The summed E-state index contributed by atoms with van der Waals surface area (Å²) in [5, 5.41) is 18.1. The van der Waals surface area contributed by atoms with Crippen LogP contribution in [0.3, 0.4) is 0 Å². The molecule has 0 aliphatic rings. The molecule has 1 aromatic carbocycles. The highest BCUT2D eigenvalue weighted by molar-refractivity contribution is 7.57. The van der Waals surface area contributed by atoms with Crippen molar-refractivity contribution in [3.05, 3.63) is 35.9 Å². The Morgan fingerprint density at radius 1 is 1.04 bits per heavy atom. The number of carbonyl (C=O) groups is 2. The van der Waals surface area contributed by atoms with E-state index in [-0.39, 0.29) is 6.42 Å². The first-order valence-corrected chi connectivity index (χ1v) is 10.2. The second-order valence-corrected chi connectivity index (χ2v) is 8.53. The van der Waals surface area contributed by atoms with E-state index in [1.807, 2.05) is 0 Å². The van der Waals surface area contributed by atoms with Gasteiger partial charge in [0.2, 0.25) is 7.37 Å². The first-order chi connectivity index (χ1) is 11.2. The van der Waals surface area contributed by atoms with Crippen LogP contribution in [0.15, 0.2) is 30.3 Å². The highest BCUT2D eigenvalue weighted by Crippen LogP contribution is 2.57. The van der Waals surface area contributed by atoms with Crippen LogP contribution in [0.2, 0.25) is 0 Å². The molecule has 0 amide bonds. The van der Waals surface area contributed by atoms with Crippen molar-refractivity contribution in [3.63, 3.8) is 0 Å². The summed E-state index contributed by atoms with van der Waals surface area (Å²) >= 11 is 0. The third-order valence-electron chi connectivity index (χ3n) is 4.01. The zero-order valence-electron chi connectivity index (χ0n) is 13.8. The van der Waals surface area contributed by atoms with Gasteiger partial charge in [0.25, 0.3) is 0 Å². The summed E-state index contributed by atoms with van der Waals surface area (Å²) in [5.41, 5.74) is -0.376. The van der Waals surface area contributed by atoms with Crippen molar-refractivity contribution in [3.8, 4) is 0 Å². The molecule has 3 N–H and O–H groups in total. The van der Waals surface area contributed by atoms with Gasteiger partial charge in [-0.2, -0.15) is 0 Å². The number of hydrogen-bond acceptors (Lipinski definition) is 3. The predicted octanol–water partition coefficient (Wildman–Crippen LogP) is 3.75. The number of aliphatic carboxylic acids is 2. The molecule has 0 aliphatic carbocycles. The van der Waals surface area contributed by atoms with Crippen LogP contribution in [0.1, 0.15) is 49.7 Å². The van der Waals surface area contributed by atoms with Gasteiger partial charge in [0.05, 0.1) is 11.6 Å². The fraction of sp³-hybridized carbons (Fsp3) is 0.529. The van der Waals surface area contributed by atoms with Crippen molar-refractivity contribution in [1.82, 2.24) is 0 Å². The molecule has 7 heteroatoms. The normalized spacial score (nSPS) is 16.1. The van der Waals surface area contributed by atoms with E-state index < -0.39 is 30.9 Å². The smallest absolute Gasteiger partial charge is 0.307 e. The number of unbranched alkanes of at least 4 members (excludes halogenated alkanes) is 3. The zero-order chi connectivity index (χ0) is 18.2. The van der Waals surface area contributed by atoms with Crippen LogP contribution in [0.4, 0.5) is 0 Å². The predicted molar refractivity (Wildman–Crippen MR) is 91.4 cm³/mol. The van der Waals surface area contributed by atoms with Gasteiger partial charge in [-0.05, 0) is 18.4 Å². The van der Waals surface area contributed by atoms with Crippen molar-refractivity contribution in [2.45, 2.75) is 44.2 Å². The van der Waals surface area contributed by atoms with Gasteiger partial charge in [0.1, 0.15) is 0 Å². The van der Waals surface area contributed by atoms with Gasteiger partial charge >= 0.3 is 11.9 Å². The lowest BCUT2D eigenvalue weighted by atomic mass is 9.93. The molecule has 0 aliphatic heterocycles. The summed E-state index contributed by atoms with van der Waals surface area (Å²) in [4.78, 5) is 32.2. The van der Waals surface area contributed by atoms with Crippen molar-refractivity contribution in [2.24, 2.45) is 5.92 Å². The molecular formula is C17H25O6P. The van der Waals surface area contributed by atoms with E-state index in [9.17, 15) is 24.2 Å². The highest BCUT2D eigenvalue weighted by atomic mass is 31.2. The monoisotopic (exact) mass is 356 g/mol. The van der Waals surface area contributed by atoms with Crippen LogP contribution < -0.4 is 0 Å². The van der Waals surface area contributed by atoms with Gasteiger partial charge in [-0.1, -0.05) is 49.6 Å². The molecule has 0 heterocycles. The number of hydrogen-bond donors (Lipinski definition) is 3. The average Bonchev–Trinajstić information content (AvgIpc) is 2.48. The molecular weight excluding hydrogens is 331 g/mol. The molecule has 0 bridgehead atoms. The first-order valence-electron chi connectivity index (χ1n) is 8.03. The molecule has 0 aromatic heterocycles. The summed E-state index contributed by atoms with van der Waals surface area (Å²) in [7, 11) is -3.64. The number of rotatable bonds is 11. The minimum Gasteiger partial charge on any atom is -0.481 e. The van der Waals surface area contributed by atoms with Crippen LogP contribution in [0.5, 0.6) is 0 Å². The van der Waals surface area contributed by atoms with Crippen LogP contribution in [0, 0.1) is 5.92 Å². The topological polar surface area (TPSA) is 112 Å². The van der Waals surface area contributed by atoms with Crippen molar-refractivity contribution in [2.75, 3.05) is 6.66 Å². The summed E-state index contributed by atoms with van der Waals surface area (Å²) in [5.74, 6) is -2.85. The molecule has 0 saturated heterocycles. The summed E-state index contributed by atoms with van der Waals surface area (Å²) in [6, 6.07) is 8.59. The molecule has 3 unspecified atom stereocenters. The van der Waals surface area contributed by atoms with Crippen LogP contribution in [-0.2, 0) is 14.2 Å². The fourth-order valence-corrected chi connectivity index (χ4v) is 4.57. The molecule has 0 fully saturated rings. The lowest BCUT2D eigenvalue weighted by Gasteiger charge is -2.26. The molecule has 134 valence electrons. The Labute approximate surface area is 142 Å². The minimum atomic E-state index is -3.64. The van der Waals surface area contributed by atoms with E-state index in [4.69, 9.17) is 5.11 Å². The van der Waals surface area contributed by atoms with E-state index in [2.05, 4.69) is 0 Å². The van der Waals surface area contributed by atoms with Crippen LogP contribution >= 0.6 is 7.37 Å². The molecule has 6 nitrogen and oxygen atoms in total. The molecule has 3 atom stereocenters. The van der Waals surface area contributed by atoms with Gasteiger partial charge in [-0.3, -0.25) is 14.2 Å². The second-order valence-electron chi connectivity index (χ2n) is 6.09. The fourth-order valence-electron chi connectivity index (χ4n) is 2.90. The Bertz CT molecular complexity index is 580. The lowest BCUT2D eigenvalue weighted by Crippen LogP contribution is -2.22. The molecule has 24 heavy (non-hydrogen) atoms. The molecule has 0 radical (unpaired) electrons. The largest absolute Gasteiger partial charge is 0.481 e. The lowest BCUT2D eigenvalue weighted by molar-refractivity contribution is -0.142. The molecule has 0 saturated carbocycles. The number of carboxylic acids is 2. The SMILES string of the molecule is CP(=O)(O)C(c1ccccc1)C(CCCCCCC(=O)O)C(=O)O. The second kappa shape index (κ2) is 9.60. The Balaban J connectivity index is 2.74. The van der Waals surface area contributed by atoms with E-state index in [0.717, 1.165) is 0 Å². The van der Waals surface area contributed by atoms with Gasteiger partial charge in [-0.25, -0.2) is 0 Å². The zero-order valence-corrected chi connectivity index (χ0v) is 14.7. The Kier molecular flexibility index (Phi) is 8.16. The minimum absolute atomic E-state index is 0.107. The van der Waals surface area contributed by atoms with E-state index in [1.54, 1.807) is 30.3 Å². The summed E-state index contributed by atoms with van der Waals surface area (Å²) < 4.78 is 12.3.